The zero-order valence-electron chi connectivity index (χ0n) is 20.1. The van der Waals surface area contributed by atoms with Crippen LogP contribution in [0.15, 0.2) is 28.7 Å². The highest BCUT2D eigenvalue weighted by atomic mass is 16.3. The topological polar surface area (TPSA) is 92.3 Å². The van der Waals surface area contributed by atoms with Gasteiger partial charge < -0.3 is 14.6 Å². The van der Waals surface area contributed by atoms with E-state index in [-0.39, 0.29) is 5.91 Å². The Morgan fingerprint density at radius 1 is 1.21 bits per heavy atom. The number of furan rings is 1. The van der Waals surface area contributed by atoms with Gasteiger partial charge in [-0.2, -0.15) is 5.10 Å². The highest BCUT2D eigenvalue weighted by Gasteiger charge is 2.22. The molecule has 0 spiro atoms. The van der Waals surface area contributed by atoms with E-state index < -0.39 is 0 Å². The predicted molar refractivity (Wildman–Crippen MR) is 127 cm³/mol. The van der Waals surface area contributed by atoms with E-state index >= 15 is 0 Å². The molecular formula is C24H33N7O2. The molecule has 0 aliphatic carbocycles. The van der Waals surface area contributed by atoms with Gasteiger partial charge in [0.15, 0.2) is 17.4 Å². The van der Waals surface area contributed by atoms with Gasteiger partial charge in [-0.15, -0.1) is 0 Å². The molecule has 9 heteroatoms. The zero-order valence-corrected chi connectivity index (χ0v) is 20.1. The maximum Gasteiger partial charge on any atom is 0.239 e. The minimum Gasteiger partial charge on any atom is -0.458 e. The SMILES string of the molecule is Cc1cc(C)n(-c2cc(NC(=O)CN3CCC[C@H](CN(C)C)C3)nc(-c3ccc(C)o3)n2)n1. The number of aryl methyl sites for hydroxylation is 3. The van der Waals surface area contributed by atoms with Crippen molar-refractivity contribution in [3.8, 4) is 17.4 Å². The molecule has 3 aromatic rings. The van der Waals surface area contributed by atoms with E-state index in [9.17, 15) is 4.79 Å². The van der Waals surface area contributed by atoms with Gasteiger partial charge in [0.1, 0.15) is 11.6 Å². The number of carbonyl (C=O) groups is 1. The van der Waals surface area contributed by atoms with Gasteiger partial charge in [0.25, 0.3) is 0 Å². The summed E-state index contributed by atoms with van der Waals surface area (Å²) in [5.74, 6) is 3.25. The van der Waals surface area contributed by atoms with Gasteiger partial charge in [-0.05, 0) is 78.4 Å². The fraction of sp³-hybridized carbons (Fsp3) is 0.500. The quantitative estimate of drug-likeness (QED) is 0.590. The number of carbonyl (C=O) groups excluding carboxylic acids is 1. The maximum atomic E-state index is 12.9. The second-order valence-electron chi connectivity index (χ2n) is 9.24. The smallest absolute Gasteiger partial charge is 0.239 e. The van der Waals surface area contributed by atoms with E-state index in [0.29, 0.717) is 35.7 Å². The van der Waals surface area contributed by atoms with Gasteiger partial charge in [-0.3, -0.25) is 9.69 Å². The number of nitrogens with one attached hydrogen (secondary N) is 1. The Bertz CT molecular complexity index is 1120. The summed E-state index contributed by atoms with van der Waals surface area (Å²) in [5.41, 5.74) is 1.84. The van der Waals surface area contributed by atoms with E-state index in [1.807, 2.05) is 39.0 Å². The van der Waals surface area contributed by atoms with Crippen molar-refractivity contribution < 1.29 is 9.21 Å². The van der Waals surface area contributed by atoms with Crippen LogP contribution in [0.25, 0.3) is 17.4 Å². The van der Waals surface area contributed by atoms with Crippen molar-refractivity contribution in [3.05, 3.63) is 41.4 Å². The molecule has 33 heavy (non-hydrogen) atoms. The van der Waals surface area contributed by atoms with E-state index in [0.717, 1.165) is 43.2 Å². The highest BCUT2D eigenvalue weighted by molar-refractivity contribution is 5.91. The first-order valence-electron chi connectivity index (χ1n) is 11.4. The molecule has 0 bridgehead atoms. The van der Waals surface area contributed by atoms with Crippen molar-refractivity contribution in [2.45, 2.75) is 33.6 Å². The second kappa shape index (κ2) is 9.84. The molecule has 0 aromatic carbocycles. The van der Waals surface area contributed by atoms with E-state index in [2.05, 4.69) is 44.3 Å². The molecule has 0 saturated carbocycles. The lowest BCUT2D eigenvalue weighted by Crippen LogP contribution is -2.43. The molecule has 3 aromatic heterocycles. The summed E-state index contributed by atoms with van der Waals surface area (Å²) >= 11 is 0. The van der Waals surface area contributed by atoms with Gasteiger partial charge in [0.2, 0.25) is 5.91 Å². The average molecular weight is 452 g/mol. The van der Waals surface area contributed by atoms with Crippen LogP contribution < -0.4 is 5.32 Å². The van der Waals surface area contributed by atoms with Gasteiger partial charge in [-0.25, -0.2) is 14.6 Å². The van der Waals surface area contributed by atoms with Gasteiger partial charge in [0.05, 0.1) is 12.2 Å². The van der Waals surface area contributed by atoms with Crippen LogP contribution in [0.4, 0.5) is 5.82 Å². The number of piperidine rings is 1. The van der Waals surface area contributed by atoms with Crippen LogP contribution in [0, 0.1) is 26.7 Å². The minimum atomic E-state index is -0.0832. The fourth-order valence-corrected chi connectivity index (χ4v) is 4.48. The monoisotopic (exact) mass is 451 g/mol. The van der Waals surface area contributed by atoms with E-state index in [1.54, 1.807) is 10.7 Å². The third-order valence-electron chi connectivity index (χ3n) is 5.76. The van der Waals surface area contributed by atoms with Crippen LogP contribution in [-0.2, 0) is 4.79 Å². The largest absolute Gasteiger partial charge is 0.458 e. The molecule has 4 heterocycles. The molecule has 9 nitrogen and oxygen atoms in total. The number of amides is 1. The minimum absolute atomic E-state index is 0.0832. The number of nitrogens with zero attached hydrogens (tertiary/aromatic N) is 6. The summed E-state index contributed by atoms with van der Waals surface area (Å²) in [6.07, 6.45) is 2.32. The van der Waals surface area contributed by atoms with Crippen LogP contribution in [0.3, 0.4) is 0 Å². The Hall–Kier alpha value is -3.04. The van der Waals surface area contributed by atoms with Crippen LogP contribution in [0.2, 0.25) is 0 Å². The summed E-state index contributed by atoms with van der Waals surface area (Å²) < 4.78 is 7.49. The average Bonchev–Trinajstić information content (AvgIpc) is 3.32. The molecule has 4 rings (SSSR count). The van der Waals surface area contributed by atoms with Crippen LogP contribution >= 0.6 is 0 Å². The molecule has 1 amide bonds. The lowest BCUT2D eigenvalue weighted by atomic mass is 9.97. The molecule has 1 N–H and O–H groups in total. The third kappa shape index (κ3) is 5.85. The number of rotatable bonds is 7. The molecule has 0 radical (unpaired) electrons. The lowest BCUT2D eigenvalue weighted by molar-refractivity contribution is -0.117. The summed E-state index contributed by atoms with van der Waals surface area (Å²) in [6, 6.07) is 7.44. The molecular weight excluding hydrogens is 418 g/mol. The van der Waals surface area contributed by atoms with Crippen LogP contribution in [0.5, 0.6) is 0 Å². The van der Waals surface area contributed by atoms with Crippen LogP contribution in [-0.4, -0.2) is 75.7 Å². The highest BCUT2D eigenvalue weighted by Crippen LogP contribution is 2.23. The molecule has 1 atom stereocenters. The Kier molecular flexibility index (Phi) is 6.90. The van der Waals surface area contributed by atoms with Crippen molar-refractivity contribution in [2.24, 2.45) is 5.92 Å². The number of hydrogen-bond acceptors (Lipinski definition) is 7. The number of aromatic nitrogens is 4. The number of anilines is 1. The van der Waals surface area contributed by atoms with Crippen molar-refractivity contribution in [3.63, 3.8) is 0 Å². The predicted octanol–water partition coefficient (Wildman–Crippen LogP) is 3.06. The molecule has 1 aliphatic rings. The van der Waals surface area contributed by atoms with Crippen molar-refractivity contribution >= 4 is 11.7 Å². The summed E-state index contributed by atoms with van der Waals surface area (Å²) in [4.78, 5) is 26.6. The molecule has 0 unspecified atom stereocenters. The Morgan fingerprint density at radius 3 is 2.70 bits per heavy atom. The first-order chi connectivity index (χ1) is 15.8. The third-order valence-corrected chi connectivity index (χ3v) is 5.76. The second-order valence-corrected chi connectivity index (χ2v) is 9.24. The first-order valence-corrected chi connectivity index (χ1v) is 11.4. The first kappa shape index (κ1) is 23.1. The van der Waals surface area contributed by atoms with E-state index in [1.165, 1.54) is 6.42 Å². The van der Waals surface area contributed by atoms with Crippen molar-refractivity contribution in [2.75, 3.05) is 45.6 Å². The lowest BCUT2D eigenvalue weighted by Gasteiger charge is -2.33. The standard InChI is InChI=1S/C24H33N7O2/c1-16-11-17(2)31(28-16)22-12-21(26-24(27-22)20-9-8-18(3)33-20)25-23(32)15-30-10-6-7-19(14-30)13-29(4)5/h8-9,11-12,19H,6-7,10,13-15H2,1-5H3,(H,25,26,27,32)/t19-/m1/s1. The van der Waals surface area contributed by atoms with Gasteiger partial charge >= 0.3 is 0 Å². The maximum absolute atomic E-state index is 12.9. The Labute approximate surface area is 194 Å². The normalized spacial score (nSPS) is 17.0. The number of hydrogen-bond donors (Lipinski definition) is 1. The Morgan fingerprint density at radius 2 is 2.03 bits per heavy atom. The molecule has 1 saturated heterocycles. The molecule has 1 fully saturated rings. The summed E-state index contributed by atoms with van der Waals surface area (Å²) in [7, 11) is 4.19. The van der Waals surface area contributed by atoms with Crippen LogP contribution in [0.1, 0.15) is 30.0 Å². The molecule has 176 valence electrons. The summed E-state index contributed by atoms with van der Waals surface area (Å²) in [5, 5.41) is 7.51. The number of likely N-dealkylation sites (tertiary alicyclic amines) is 1. The van der Waals surface area contributed by atoms with Crippen molar-refractivity contribution in [1.29, 1.82) is 0 Å². The van der Waals surface area contributed by atoms with Crippen molar-refractivity contribution in [1.82, 2.24) is 29.5 Å². The van der Waals surface area contributed by atoms with Gasteiger partial charge in [-0.1, -0.05) is 0 Å². The fourth-order valence-electron chi connectivity index (χ4n) is 4.48. The van der Waals surface area contributed by atoms with E-state index in [4.69, 9.17) is 4.42 Å². The van der Waals surface area contributed by atoms with Gasteiger partial charge in [0, 0.05) is 24.8 Å². The zero-order chi connectivity index (χ0) is 23.5. The summed E-state index contributed by atoms with van der Waals surface area (Å²) in [6.45, 7) is 9.04. The molecule has 1 aliphatic heterocycles. The Balaban J connectivity index is 1.54.